The van der Waals surface area contributed by atoms with Gasteiger partial charge in [-0.15, -0.1) is 0 Å². The molecule has 0 aliphatic heterocycles. The van der Waals surface area contributed by atoms with Crippen molar-refractivity contribution in [1.82, 2.24) is 0 Å². The molecule has 49 heavy (non-hydrogen) atoms. The van der Waals surface area contributed by atoms with Gasteiger partial charge in [0, 0.05) is 12.8 Å². The first kappa shape index (κ1) is 47.3. The summed E-state index contributed by atoms with van der Waals surface area (Å²) in [5.74, 6) is -0.899. The van der Waals surface area contributed by atoms with E-state index in [0.29, 0.717) is 12.8 Å². The number of rotatable bonds is 36. The van der Waals surface area contributed by atoms with E-state index in [9.17, 15) is 14.2 Å². The van der Waals surface area contributed by atoms with Crippen LogP contribution in [0.4, 0.5) is 0 Å². The second-order valence-electron chi connectivity index (χ2n) is 13.2. The van der Waals surface area contributed by atoms with Gasteiger partial charge in [0.15, 0.2) is 6.10 Å². The fraction of sp³-hybridized carbons (Fsp3) is 0.800. The zero-order chi connectivity index (χ0) is 36.1. The minimum atomic E-state index is -4.75. The molecular weight excluding hydrogens is 639 g/mol. The maximum Gasteiger partial charge on any atom is 0.469 e. The van der Waals surface area contributed by atoms with E-state index >= 15 is 0 Å². The maximum atomic E-state index is 12.4. The quantitative estimate of drug-likeness (QED) is 0.0285. The lowest BCUT2D eigenvalue weighted by Crippen LogP contribution is -2.29. The van der Waals surface area contributed by atoms with Crippen molar-refractivity contribution in [1.29, 1.82) is 0 Å². The molecule has 0 radical (unpaired) electrons. The molecule has 0 aromatic heterocycles. The summed E-state index contributed by atoms with van der Waals surface area (Å²) < 4.78 is 26.3. The van der Waals surface area contributed by atoms with E-state index < -0.39 is 32.5 Å². The Morgan fingerprint density at radius 3 is 1.37 bits per heavy atom. The van der Waals surface area contributed by atoms with Crippen molar-refractivity contribution in [3.05, 3.63) is 36.5 Å². The van der Waals surface area contributed by atoms with Gasteiger partial charge in [-0.3, -0.25) is 14.1 Å². The van der Waals surface area contributed by atoms with Gasteiger partial charge >= 0.3 is 19.8 Å². The van der Waals surface area contributed by atoms with Crippen LogP contribution in [-0.4, -0.2) is 41.0 Å². The lowest BCUT2D eigenvalue weighted by molar-refractivity contribution is -0.161. The van der Waals surface area contributed by atoms with Gasteiger partial charge in [-0.05, 0) is 70.6 Å². The van der Waals surface area contributed by atoms with Crippen molar-refractivity contribution < 1.29 is 37.9 Å². The van der Waals surface area contributed by atoms with E-state index in [0.717, 1.165) is 64.2 Å². The molecule has 0 aromatic carbocycles. The molecule has 9 heteroatoms. The van der Waals surface area contributed by atoms with E-state index in [1.54, 1.807) is 0 Å². The first-order chi connectivity index (χ1) is 23.8. The number of phosphoric acid groups is 1. The highest BCUT2D eigenvalue weighted by Crippen LogP contribution is 2.36. The highest BCUT2D eigenvalue weighted by Gasteiger charge is 2.22. The lowest BCUT2D eigenvalue weighted by Gasteiger charge is -2.18. The van der Waals surface area contributed by atoms with Crippen molar-refractivity contribution in [2.75, 3.05) is 13.2 Å². The summed E-state index contributed by atoms with van der Waals surface area (Å²) in [4.78, 5) is 42.7. The van der Waals surface area contributed by atoms with Gasteiger partial charge < -0.3 is 19.3 Å². The molecule has 0 saturated carbocycles. The number of carbonyl (C=O) groups excluding carboxylic acids is 2. The van der Waals surface area contributed by atoms with Crippen LogP contribution in [0.5, 0.6) is 0 Å². The summed E-state index contributed by atoms with van der Waals surface area (Å²) >= 11 is 0. The van der Waals surface area contributed by atoms with Gasteiger partial charge in [0.25, 0.3) is 0 Å². The molecule has 0 aliphatic rings. The average Bonchev–Trinajstić information content (AvgIpc) is 3.07. The van der Waals surface area contributed by atoms with Crippen LogP contribution in [0.3, 0.4) is 0 Å². The number of ether oxygens (including phenoxy) is 2. The third kappa shape index (κ3) is 38.9. The molecule has 286 valence electrons. The highest BCUT2D eigenvalue weighted by atomic mass is 31.2. The number of carbonyl (C=O) groups is 2. The third-order valence-electron chi connectivity index (χ3n) is 8.38. The number of hydrogen-bond acceptors (Lipinski definition) is 6. The van der Waals surface area contributed by atoms with Crippen molar-refractivity contribution in [3.8, 4) is 0 Å². The molecule has 8 nitrogen and oxygen atoms in total. The van der Waals surface area contributed by atoms with E-state index in [4.69, 9.17) is 19.3 Å². The Bertz CT molecular complexity index is 895. The van der Waals surface area contributed by atoms with Crippen molar-refractivity contribution >= 4 is 19.8 Å². The van der Waals surface area contributed by atoms with Gasteiger partial charge in [-0.1, -0.05) is 140 Å². The zero-order valence-electron chi connectivity index (χ0n) is 31.3. The van der Waals surface area contributed by atoms with E-state index in [1.807, 2.05) is 0 Å². The molecule has 1 atom stereocenters. The van der Waals surface area contributed by atoms with Crippen LogP contribution >= 0.6 is 7.82 Å². The largest absolute Gasteiger partial charge is 0.469 e. The molecule has 2 N–H and O–H groups in total. The smallest absolute Gasteiger partial charge is 0.462 e. The number of esters is 2. The Kier molecular flexibility index (Phi) is 34.8. The molecule has 0 rings (SSSR count). The number of unbranched alkanes of at least 4 members (excludes halogenated alkanes) is 20. The van der Waals surface area contributed by atoms with Crippen LogP contribution in [0.2, 0.25) is 0 Å². The van der Waals surface area contributed by atoms with Gasteiger partial charge in [-0.25, -0.2) is 4.57 Å². The number of hydrogen-bond donors (Lipinski definition) is 2. The molecule has 0 aliphatic carbocycles. The standard InChI is InChI=1S/C40H73O8P/c1-3-5-7-9-11-13-15-17-18-19-20-21-22-23-25-27-29-31-33-35-40(42)48-38(37-47-49(43,44)45)36-46-39(41)34-32-30-28-26-24-16-14-12-10-8-6-4-2/h11-14,17-18,38H,3-10,15-16,19-37H2,1-2H3,(H2,43,44,45)/b13-11-,14-12-,18-17-/t38-/m1/s1. The summed E-state index contributed by atoms with van der Waals surface area (Å²) in [6.45, 7) is 3.62. The first-order valence-corrected chi connectivity index (χ1v) is 21.3. The molecule has 0 saturated heterocycles. The maximum absolute atomic E-state index is 12.4. The second kappa shape index (κ2) is 36.1. The van der Waals surface area contributed by atoms with Crippen LogP contribution in [0.1, 0.15) is 187 Å². The summed E-state index contributed by atoms with van der Waals surface area (Å²) in [6, 6.07) is 0. The van der Waals surface area contributed by atoms with Crippen molar-refractivity contribution in [2.24, 2.45) is 0 Å². The summed E-state index contributed by atoms with van der Waals surface area (Å²) in [5, 5.41) is 0. The van der Waals surface area contributed by atoms with E-state index in [1.165, 1.54) is 83.5 Å². The molecule has 0 heterocycles. The van der Waals surface area contributed by atoms with Crippen LogP contribution in [0.15, 0.2) is 36.5 Å². The Hall–Kier alpha value is -1.73. The fourth-order valence-corrected chi connectivity index (χ4v) is 5.76. The predicted molar refractivity (Wildman–Crippen MR) is 202 cm³/mol. The summed E-state index contributed by atoms with van der Waals surface area (Å²) in [7, 11) is -4.75. The molecule has 0 aromatic rings. The molecule has 0 fully saturated rings. The second-order valence-corrected chi connectivity index (χ2v) is 14.5. The topological polar surface area (TPSA) is 119 Å². The minimum absolute atomic E-state index is 0.206. The monoisotopic (exact) mass is 713 g/mol. The van der Waals surface area contributed by atoms with Crippen LogP contribution < -0.4 is 0 Å². The van der Waals surface area contributed by atoms with Crippen LogP contribution in [-0.2, 0) is 28.2 Å². The number of phosphoric ester groups is 1. The SMILES string of the molecule is CCCCC/C=C\C/C=C\CCCCCCCCCCCC(=O)O[C@H](COC(=O)CCCCCCC/C=C\CCCCC)COP(=O)(O)O. The zero-order valence-corrected chi connectivity index (χ0v) is 32.2. The summed E-state index contributed by atoms with van der Waals surface area (Å²) in [6.07, 6.45) is 41.5. The predicted octanol–water partition coefficient (Wildman–Crippen LogP) is 11.8. The average molecular weight is 713 g/mol. The van der Waals surface area contributed by atoms with Gasteiger partial charge in [0.1, 0.15) is 6.61 Å². The van der Waals surface area contributed by atoms with Crippen LogP contribution in [0.25, 0.3) is 0 Å². The number of allylic oxidation sites excluding steroid dienone is 6. The Morgan fingerprint density at radius 1 is 0.531 bits per heavy atom. The third-order valence-corrected chi connectivity index (χ3v) is 8.87. The fourth-order valence-electron chi connectivity index (χ4n) is 5.40. The molecular formula is C40H73O8P. The molecule has 0 unspecified atom stereocenters. The van der Waals surface area contributed by atoms with Crippen LogP contribution in [0, 0.1) is 0 Å². The normalized spacial score (nSPS) is 12.8. The first-order valence-electron chi connectivity index (χ1n) is 19.8. The Morgan fingerprint density at radius 2 is 0.918 bits per heavy atom. The summed E-state index contributed by atoms with van der Waals surface area (Å²) in [5.41, 5.74) is 0. The van der Waals surface area contributed by atoms with Crippen molar-refractivity contribution in [2.45, 2.75) is 193 Å². The Labute approximate surface area is 300 Å². The Balaban J connectivity index is 3.93. The van der Waals surface area contributed by atoms with E-state index in [2.05, 4.69) is 54.8 Å². The molecule has 0 spiro atoms. The van der Waals surface area contributed by atoms with Gasteiger partial charge in [-0.2, -0.15) is 0 Å². The lowest BCUT2D eigenvalue weighted by atomic mass is 10.1. The highest BCUT2D eigenvalue weighted by molar-refractivity contribution is 7.46. The van der Waals surface area contributed by atoms with E-state index in [-0.39, 0.29) is 19.4 Å². The minimum Gasteiger partial charge on any atom is -0.462 e. The molecule has 0 bridgehead atoms. The van der Waals surface area contributed by atoms with Gasteiger partial charge in [0.2, 0.25) is 0 Å². The molecule has 0 amide bonds. The van der Waals surface area contributed by atoms with Crippen molar-refractivity contribution in [3.63, 3.8) is 0 Å². The van der Waals surface area contributed by atoms with Gasteiger partial charge in [0.05, 0.1) is 6.61 Å².